The highest BCUT2D eigenvalue weighted by atomic mass is 15.4. The number of nitrogens with one attached hydrogen (secondary N) is 1. The fraction of sp³-hybridized carbons (Fsp3) is 0.750. The Balaban J connectivity index is 1.73. The molecule has 114 valence electrons. The maximum Gasteiger partial charge on any atom is 0.159 e. The molecule has 0 spiro atoms. The van der Waals surface area contributed by atoms with Gasteiger partial charge in [-0.05, 0) is 26.2 Å². The average molecular weight is 287 g/mol. The third kappa shape index (κ3) is 2.05. The van der Waals surface area contributed by atoms with E-state index in [1.165, 1.54) is 37.2 Å². The van der Waals surface area contributed by atoms with Gasteiger partial charge < -0.3 is 14.8 Å². The largest absolute Gasteiger partial charge is 0.337 e. The fourth-order valence-electron chi connectivity index (χ4n) is 3.90. The lowest BCUT2D eigenvalue weighted by Crippen LogP contribution is -2.48. The van der Waals surface area contributed by atoms with Crippen molar-refractivity contribution in [2.75, 3.05) is 24.7 Å². The quantitative estimate of drug-likeness (QED) is 0.930. The van der Waals surface area contributed by atoms with Crippen LogP contribution in [-0.2, 0) is 0 Å². The van der Waals surface area contributed by atoms with E-state index in [2.05, 4.69) is 28.6 Å². The molecule has 1 fully saturated rings. The van der Waals surface area contributed by atoms with Crippen LogP contribution in [0.3, 0.4) is 0 Å². The average Bonchev–Trinajstić information content (AvgIpc) is 3.18. The predicted octanol–water partition coefficient (Wildman–Crippen LogP) is 2.71. The maximum atomic E-state index is 4.98. The summed E-state index contributed by atoms with van der Waals surface area (Å²) in [6.07, 6.45) is 6.41. The number of aromatic nitrogens is 2. The molecule has 0 bridgehead atoms. The van der Waals surface area contributed by atoms with E-state index < -0.39 is 0 Å². The summed E-state index contributed by atoms with van der Waals surface area (Å²) >= 11 is 0. The Morgan fingerprint density at radius 2 is 2.10 bits per heavy atom. The normalized spacial score (nSPS) is 25.2. The minimum absolute atomic E-state index is 0.505. The standard InChI is InChI=1S/C16H25N5/c1-3-8-20-10-21-11(2)9-17-15(21)13-16(20)19-14(18-13)12-6-4-5-7-12/h11-12H,3-10H2,1-2H3,(H,18,19). The van der Waals surface area contributed by atoms with E-state index in [1.54, 1.807) is 0 Å². The van der Waals surface area contributed by atoms with E-state index in [-0.39, 0.29) is 0 Å². The van der Waals surface area contributed by atoms with E-state index in [9.17, 15) is 0 Å². The van der Waals surface area contributed by atoms with Crippen LogP contribution in [0.25, 0.3) is 0 Å². The molecule has 1 aromatic rings. The number of anilines is 1. The Labute approximate surface area is 126 Å². The van der Waals surface area contributed by atoms with Crippen LogP contribution in [0.4, 0.5) is 5.82 Å². The van der Waals surface area contributed by atoms with Gasteiger partial charge in [0.2, 0.25) is 0 Å². The van der Waals surface area contributed by atoms with Gasteiger partial charge >= 0.3 is 0 Å². The number of hydrogen-bond donors (Lipinski definition) is 1. The molecular weight excluding hydrogens is 262 g/mol. The number of rotatable bonds is 3. The first-order chi connectivity index (χ1) is 10.3. The molecule has 1 aliphatic carbocycles. The SMILES string of the molecule is CCCN1CN2C(=NCC2C)c2[nH]c(C3CCCC3)nc21. The molecule has 4 rings (SSSR count). The van der Waals surface area contributed by atoms with Crippen LogP contribution >= 0.6 is 0 Å². The third-order valence-electron chi connectivity index (χ3n) is 5.09. The van der Waals surface area contributed by atoms with Crippen molar-refractivity contribution in [3.05, 3.63) is 11.5 Å². The van der Waals surface area contributed by atoms with Gasteiger partial charge in [0, 0.05) is 18.5 Å². The first kappa shape index (κ1) is 13.2. The lowest BCUT2D eigenvalue weighted by atomic mass is 10.1. The summed E-state index contributed by atoms with van der Waals surface area (Å²) in [6, 6.07) is 0.505. The second-order valence-corrected chi connectivity index (χ2v) is 6.69. The monoisotopic (exact) mass is 287 g/mol. The van der Waals surface area contributed by atoms with Crippen LogP contribution in [0, 0.1) is 0 Å². The van der Waals surface area contributed by atoms with Gasteiger partial charge in [0.25, 0.3) is 0 Å². The number of aromatic amines is 1. The van der Waals surface area contributed by atoms with E-state index >= 15 is 0 Å². The fourth-order valence-corrected chi connectivity index (χ4v) is 3.90. The molecule has 0 aromatic carbocycles. The molecule has 1 aromatic heterocycles. The maximum absolute atomic E-state index is 4.98. The highest BCUT2D eigenvalue weighted by Gasteiger charge is 2.37. The molecule has 0 saturated heterocycles. The molecule has 21 heavy (non-hydrogen) atoms. The molecule has 2 aliphatic heterocycles. The van der Waals surface area contributed by atoms with Crippen molar-refractivity contribution in [2.45, 2.75) is 57.9 Å². The predicted molar refractivity (Wildman–Crippen MR) is 85.0 cm³/mol. The molecule has 1 N–H and O–H groups in total. The highest BCUT2D eigenvalue weighted by molar-refractivity contribution is 6.04. The Morgan fingerprint density at radius 3 is 2.86 bits per heavy atom. The summed E-state index contributed by atoms with van der Waals surface area (Å²) in [4.78, 5) is 18.2. The zero-order chi connectivity index (χ0) is 14.4. The number of amidine groups is 1. The zero-order valence-corrected chi connectivity index (χ0v) is 13.1. The van der Waals surface area contributed by atoms with Gasteiger partial charge in [0.15, 0.2) is 11.7 Å². The van der Waals surface area contributed by atoms with Gasteiger partial charge in [0.1, 0.15) is 11.5 Å². The van der Waals surface area contributed by atoms with E-state index in [1.807, 2.05) is 0 Å². The van der Waals surface area contributed by atoms with Crippen molar-refractivity contribution >= 4 is 11.7 Å². The Hall–Kier alpha value is -1.52. The topological polar surface area (TPSA) is 47.5 Å². The van der Waals surface area contributed by atoms with E-state index in [0.717, 1.165) is 37.8 Å². The Morgan fingerprint density at radius 1 is 1.29 bits per heavy atom. The first-order valence-corrected chi connectivity index (χ1v) is 8.44. The van der Waals surface area contributed by atoms with Crippen molar-refractivity contribution < 1.29 is 0 Å². The molecule has 0 amide bonds. The Kier molecular flexibility index (Phi) is 3.16. The molecule has 1 atom stereocenters. The second-order valence-electron chi connectivity index (χ2n) is 6.69. The van der Waals surface area contributed by atoms with Crippen LogP contribution < -0.4 is 4.90 Å². The van der Waals surface area contributed by atoms with E-state index in [4.69, 9.17) is 9.98 Å². The van der Waals surface area contributed by atoms with Crippen LogP contribution in [-0.4, -0.2) is 46.5 Å². The van der Waals surface area contributed by atoms with Gasteiger partial charge in [-0.3, -0.25) is 4.99 Å². The number of hydrogen-bond acceptors (Lipinski definition) is 4. The van der Waals surface area contributed by atoms with Gasteiger partial charge in [-0.15, -0.1) is 0 Å². The van der Waals surface area contributed by atoms with Crippen LogP contribution in [0.15, 0.2) is 4.99 Å². The van der Waals surface area contributed by atoms with Gasteiger partial charge in [-0.25, -0.2) is 4.98 Å². The molecule has 5 nitrogen and oxygen atoms in total. The zero-order valence-electron chi connectivity index (χ0n) is 13.1. The second kappa shape index (κ2) is 5.04. The molecular formula is C16H25N5. The number of fused-ring (bicyclic) bond motifs is 3. The van der Waals surface area contributed by atoms with Crippen LogP contribution in [0.1, 0.15) is 63.4 Å². The minimum Gasteiger partial charge on any atom is -0.337 e. The van der Waals surface area contributed by atoms with Crippen molar-refractivity contribution in [2.24, 2.45) is 4.99 Å². The molecule has 1 unspecified atom stereocenters. The van der Waals surface area contributed by atoms with Crippen molar-refractivity contribution in [1.82, 2.24) is 14.9 Å². The molecule has 3 heterocycles. The van der Waals surface area contributed by atoms with Gasteiger partial charge in [-0.2, -0.15) is 0 Å². The smallest absolute Gasteiger partial charge is 0.159 e. The molecule has 3 aliphatic rings. The summed E-state index contributed by atoms with van der Waals surface area (Å²) in [6.45, 7) is 7.42. The number of imidazole rings is 1. The van der Waals surface area contributed by atoms with Crippen molar-refractivity contribution in [3.8, 4) is 0 Å². The van der Waals surface area contributed by atoms with Crippen molar-refractivity contribution in [1.29, 1.82) is 0 Å². The third-order valence-corrected chi connectivity index (χ3v) is 5.09. The summed E-state index contributed by atoms with van der Waals surface area (Å²) in [5.41, 5.74) is 1.17. The number of H-pyrrole nitrogens is 1. The summed E-state index contributed by atoms with van der Waals surface area (Å²) in [5, 5.41) is 0. The Bertz CT molecular complexity index is 555. The lowest BCUT2D eigenvalue weighted by molar-refractivity contribution is 0.352. The van der Waals surface area contributed by atoms with Crippen LogP contribution in [0.5, 0.6) is 0 Å². The number of nitrogens with zero attached hydrogens (tertiary/aromatic N) is 4. The summed E-state index contributed by atoms with van der Waals surface area (Å²) in [7, 11) is 0. The lowest BCUT2D eigenvalue weighted by Gasteiger charge is -2.37. The summed E-state index contributed by atoms with van der Waals surface area (Å²) in [5.74, 6) is 4.11. The molecule has 1 saturated carbocycles. The first-order valence-electron chi connectivity index (χ1n) is 8.44. The van der Waals surface area contributed by atoms with Crippen molar-refractivity contribution in [3.63, 3.8) is 0 Å². The summed E-state index contributed by atoms with van der Waals surface area (Å²) < 4.78 is 0. The molecule has 5 heteroatoms. The van der Waals surface area contributed by atoms with Gasteiger partial charge in [-0.1, -0.05) is 19.8 Å². The van der Waals surface area contributed by atoms with Crippen LogP contribution in [0.2, 0.25) is 0 Å². The highest BCUT2D eigenvalue weighted by Crippen LogP contribution is 2.36. The minimum atomic E-state index is 0.505. The number of aliphatic imine (C=N–C) groups is 1. The molecule has 0 radical (unpaired) electrons. The van der Waals surface area contributed by atoms with E-state index in [0.29, 0.717) is 12.0 Å². The van der Waals surface area contributed by atoms with Gasteiger partial charge in [0.05, 0.1) is 13.2 Å².